The van der Waals surface area contributed by atoms with Crippen molar-refractivity contribution in [2.45, 2.75) is 73.2 Å². The standard InChI is InChI=1S/C20H35BO2/c1-15(2)19(5,6)20(7,8)23-21(9)17-12-10-11-16(13-17)18(3,4)14-22/h10-13,15,22H,14H2,1-9H3. The van der Waals surface area contributed by atoms with Crippen molar-refractivity contribution in [3.63, 3.8) is 0 Å². The van der Waals surface area contributed by atoms with Crippen LogP contribution in [0.5, 0.6) is 0 Å². The summed E-state index contributed by atoms with van der Waals surface area (Å²) in [6, 6.07) is 8.41. The molecule has 0 fully saturated rings. The highest BCUT2D eigenvalue weighted by molar-refractivity contribution is 6.66. The Morgan fingerprint density at radius 2 is 1.65 bits per heavy atom. The second kappa shape index (κ2) is 6.98. The van der Waals surface area contributed by atoms with E-state index in [0.717, 1.165) is 11.0 Å². The maximum atomic E-state index is 9.60. The summed E-state index contributed by atoms with van der Waals surface area (Å²) in [7, 11) is 0. The van der Waals surface area contributed by atoms with Gasteiger partial charge in [-0.15, -0.1) is 0 Å². The number of hydrogen-bond acceptors (Lipinski definition) is 2. The summed E-state index contributed by atoms with van der Waals surface area (Å²) in [5, 5.41) is 9.60. The van der Waals surface area contributed by atoms with Crippen LogP contribution in [0.3, 0.4) is 0 Å². The summed E-state index contributed by atoms with van der Waals surface area (Å²) in [5.74, 6) is 0.532. The third-order valence-electron chi connectivity index (χ3n) is 6.00. The average molecular weight is 318 g/mol. The van der Waals surface area contributed by atoms with E-state index in [9.17, 15) is 5.11 Å². The van der Waals surface area contributed by atoms with E-state index in [0.29, 0.717) is 5.92 Å². The summed E-state index contributed by atoms with van der Waals surface area (Å²) in [4.78, 5) is 0. The van der Waals surface area contributed by atoms with Gasteiger partial charge in [0.05, 0.1) is 12.2 Å². The molecule has 0 radical (unpaired) electrons. The highest BCUT2D eigenvalue weighted by Gasteiger charge is 2.41. The summed E-state index contributed by atoms with van der Waals surface area (Å²) >= 11 is 0. The normalized spacial score (nSPS) is 13.5. The first-order valence-electron chi connectivity index (χ1n) is 8.74. The predicted octanol–water partition coefficient (Wildman–Crippen LogP) is 4.26. The van der Waals surface area contributed by atoms with E-state index in [-0.39, 0.29) is 30.0 Å². The van der Waals surface area contributed by atoms with E-state index >= 15 is 0 Å². The van der Waals surface area contributed by atoms with E-state index in [4.69, 9.17) is 4.65 Å². The lowest BCUT2D eigenvalue weighted by Gasteiger charge is -2.46. The van der Waals surface area contributed by atoms with Gasteiger partial charge in [-0.25, -0.2) is 0 Å². The van der Waals surface area contributed by atoms with Gasteiger partial charge in [-0.05, 0) is 36.2 Å². The molecule has 0 aliphatic heterocycles. The van der Waals surface area contributed by atoms with Crippen LogP contribution in [0.25, 0.3) is 0 Å². The quantitative estimate of drug-likeness (QED) is 0.761. The average Bonchev–Trinajstić information content (AvgIpc) is 2.46. The van der Waals surface area contributed by atoms with Gasteiger partial charge in [0.1, 0.15) is 0 Å². The third-order valence-corrected chi connectivity index (χ3v) is 6.00. The predicted molar refractivity (Wildman–Crippen MR) is 102 cm³/mol. The molecule has 23 heavy (non-hydrogen) atoms. The highest BCUT2D eigenvalue weighted by atomic mass is 16.5. The van der Waals surface area contributed by atoms with Crippen LogP contribution < -0.4 is 5.46 Å². The van der Waals surface area contributed by atoms with Gasteiger partial charge in [0, 0.05) is 5.41 Å². The Balaban J connectivity index is 3.03. The first kappa shape index (κ1) is 20.2. The maximum Gasteiger partial charge on any atom is 0.324 e. The molecule has 0 spiro atoms. The van der Waals surface area contributed by atoms with Crippen molar-refractivity contribution in [1.82, 2.24) is 0 Å². The lowest BCUT2D eigenvalue weighted by atomic mass is 9.60. The number of aliphatic hydroxyl groups is 1. The molecular weight excluding hydrogens is 283 g/mol. The van der Waals surface area contributed by atoms with Gasteiger partial charge in [0.2, 0.25) is 0 Å². The summed E-state index contributed by atoms with van der Waals surface area (Å²) < 4.78 is 6.49. The Morgan fingerprint density at radius 3 is 2.13 bits per heavy atom. The van der Waals surface area contributed by atoms with Crippen molar-refractivity contribution in [1.29, 1.82) is 0 Å². The van der Waals surface area contributed by atoms with Crippen LogP contribution in [0.2, 0.25) is 6.82 Å². The highest BCUT2D eigenvalue weighted by Crippen LogP contribution is 2.40. The Morgan fingerprint density at radius 1 is 1.09 bits per heavy atom. The van der Waals surface area contributed by atoms with Crippen LogP contribution in [0.4, 0.5) is 0 Å². The summed E-state index contributed by atoms with van der Waals surface area (Å²) in [6.07, 6.45) is 0. The topological polar surface area (TPSA) is 29.5 Å². The molecule has 130 valence electrons. The Hall–Kier alpha value is -0.795. The number of rotatable bonds is 7. The minimum Gasteiger partial charge on any atom is -0.426 e. The fourth-order valence-corrected chi connectivity index (χ4v) is 2.66. The number of hydrogen-bond donors (Lipinski definition) is 1. The molecule has 1 aromatic rings. The fourth-order valence-electron chi connectivity index (χ4n) is 2.66. The zero-order valence-corrected chi connectivity index (χ0v) is 16.5. The van der Waals surface area contributed by atoms with Gasteiger partial charge in [-0.3, -0.25) is 0 Å². The van der Waals surface area contributed by atoms with Gasteiger partial charge in [-0.1, -0.05) is 72.6 Å². The van der Waals surface area contributed by atoms with Crippen molar-refractivity contribution in [2.24, 2.45) is 11.3 Å². The molecule has 0 saturated carbocycles. The van der Waals surface area contributed by atoms with Gasteiger partial charge < -0.3 is 9.76 Å². The van der Waals surface area contributed by atoms with E-state index < -0.39 is 0 Å². The minimum atomic E-state index is -0.234. The molecule has 2 nitrogen and oxygen atoms in total. The fraction of sp³-hybridized carbons (Fsp3) is 0.700. The Labute approximate surface area is 143 Å². The lowest BCUT2D eigenvalue weighted by molar-refractivity contribution is -0.0396. The molecule has 0 atom stereocenters. The van der Waals surface area contributed by atoms with Crippen LogP contribution in [-0.2, 0) is 10.1 Å². The second-order valence-corrected chi connectivity index (χ2v) is 8.81. The molecule has 0 saturated heterocycles. The lowest BCUT2D eigenvalue weighted by Crippen LogP contribution is -2.50. The largest absolute Gasteiger partial charge is 0.426 e. The summed E-state index contributed by atoms with van der Waals surface area (Å²) in [5.41, 5.74) is 1.92. The van der Waals surface area contributed by atoms with E-state index in [2.05, 4.69) is 86.5 Å². The smallest absolute Gasteiger partial charge is 0.324 e. The van der Waals surface area contributed by atoms with Crippen molar-refractivity contribution in [3.8, 4) is 0 Å². The number of aliphatic hydroxyl groups excluding tert-OH is 1. The zero-order valence-electron chi connectivity index (χ0n) is 16.5. The molecule has 0 amide bonds. The molecule has 1 N–H and O–H groups in total. The molecule has 0 aliphatic rings. The van der Waals surface area contributed by atoms with Gasteiger partial charge in [-0.2, -0.15) is 0 Å². The first-order chi connectivity index (χ1) is 10.3. The van der Waals surface area contributed by atoms with Crippen LogP contribution in [-0.4, -0.2) is 24.2 Å². The molecule has 0 bridgehead atoms. The maximum absolute atomic E-state index is 9.60. The molecule has 0 aliphatic carbocycles. The van der Waals surface area contributed by atoms with Crippen molar-refractivity contribution >= 4 is 12.4 Å². The van der Waals surface area contributed by atoms with Crippen LogP contribution in [0.15, 0.2) is 24.3 Å². The van der Waals surface area contributed by atoms with E-state index in [1.807, 2.05) is 0 Å². The number of benzene rings is 1. The second-order valence-electron chi connectivity index (χ2n) is 8.81. The van der Waals surface area contributed by atoms with Crippen molar-refractivity contribution in [3.05, 3.63) is 29.8 Å². The third kappa shape index (κ3) is 4.39. The van der Waals surface area contributed by atoms with Crippen molar-refractivity contribution in [2.75, 3.05) is 6.61 Å². The first-order valence-corrected chi connectivity index (χ1v) is 8.74. The van der Waals surface area contributed by atoms with Crippen LogP contribution in [0.1, 0.15) is 61.0 Å². The Kier molecular flexibility index (Phi) is 6.15. The molecule has 0 unspecified atom stereocenters. The molecular formula is C20H35BO2. The SMILES string of the molecule is CB(OC(C)(C)C(C)(C)C(C)C)c1cccc(C(C)(C)CO)c1. The molecule has 1 rings (SSSR count). The van der Waals surface area contributed by atoms with E-state index in [1.165, 1.54) is 0 Å². The van der Waals surface area contributed by atoms with Crippen LogP contribution >= 0.6 is 0 Å². The van der Waals surface area contributed by atoms with Gasteiger partial charge in [0.15, 0.2) is 0 Å². The van der Waals surface area contributed by atoms with Gasteiger partial charge in [0.25, 0.3) is 0 Å². The minimum absolute atomic E-state index is 0.0115. The molecule has 3 heteroatoms. The van der Waals surface area contributed by atoms with Crippen molar-refractivity contribution < 1.29 is 9.76 Å². The molecule has 0 aromatic heterocycles. The van der Waals surface area contributed by atoms with Gasteiger partial charge >= 0.3 is 6.92 Å². The molecule has 1 aromatic carbocycles. The monoisotopic (exact) mass is 318 g/mol. The zero-order chi connectivity index (χ0) is 18.1. The van der Waals surface area contributed by atoms with E-state index in [1.54, 1.807) is 0 Å². The van der Waals surface area contributed by atoms with Crippen LogP contribution in [0, 0.1) is 11.3 Å². The molecule has 0 heterocycles. The Bertz CT molecular complexity index is 518. The summed E-state index contributed by atoms with van der Waals surface area (Å²) in [6.45, 7) is 19.8.